The topological polar surface area (TPSA) is 76.1 Å². The highest BCUT2D eigenvalue weighted by atomic mass is 16.5. The third-order valence-corrected chi connectivity index (χ3v) is 3.38. The van der Waals surface area contributed by atoms with E-state index in [9.17, 15) is 4.79 Å². The number of benzene rings is 2. The molecule has 0 bridgehead atoms. The standard InChI is InChI=1S/C20H18N4O2/c1-2-13-21-19(25)18-12-14-22-20(24-18)23-15-8-10-17(11-9-15)26-16-6-4-3-5-7-16/h2-12,14H,1,13H2,(H,21,25)(H,22,23,24). The van der Waals surface area contributed by atoms with Crippen molar-refractivity contribution < 1.29 is 9.53 Å². The number of hydrogen-bond donors (Lipinski definition) is 2. The summed E-state index contributed by atoms with van der Waals surface area (Å²) in [5.74, 6) is 1.56. The number of carbonyl (C=O) groups is 1. The van der Waals surface area contributed by atoms with E-state index in [1.807, 2.05) is 54.6 Å². The van der Waals surface area contributed by atoms with Crippen LogP contribution in [0.2, 0.25) is 0 Å². The van der Waals surface area contributed by atoms with Gasteiger partial charge in [-0.1, -0.05) is 24.3 Å². The van der Waals surface area contributed by atoms with Crippen molar-refractivity contribution in [2.24, 2.45) is 0 Å². The predicted octanol–water partition coefficient (Wildman–Crippen LogP) is 3.93. The molecular weight excluding hydrogens is 328 g/mol. The van der Waals surface area contributed by atoms with Crippen LogP contribution >= 0.6 is 0 Å². The summed E-state index contributed by atoms with van der Waals surface area (Å²) in [6.45, 7) is 3.95. The Morgan fingerprint density at radius 1 is 1.04 bits per heavy atom. The van der Waals surface area contributed by atoms with Crippen LogP contribution in [0.25, 0.3) is 0 Å². The van der Waals surface area contributed by atoms with Gasteiger partial charge in [-0.25, -0.2) is 9.97 Å². The van der Waals surface area contributed by atoms with Gasteiger partial charge in [-0.15, -0.1) is 6.58 Å². The molecule has 2 aromatic carbocycles. The van der Waals surface area contributed by atoms with E-state index in [1.165, 1.54) is 6.20 Å². The van der Waals surface area contributed by atoms with Crippen molar-refractivity contribution in [1.29, 1.82) is 0 Å². The SMILES string of the molecule is C=CCNC(=O)c1ccnc(Nc2ccc(Oc3ccccc3)cc2)n1. The summed E-state index contributed by atoms with van der Waals surface area (Å²) in [5, 5.41) is 5.75. The minimum Gasteiger partial charge on any atom is -0.457 e. The van der Waals surface area contributed by atoms with E-state index in [0.29, 0.717) is 12.5 Å². The monoisotopic (exact) mass is 346 g/mol. The first-order chi connectivity index (χ1) is 12.7. The number of amides is 1. The number of para-hydroxylation sites is 1. The van der Waals surface area contributed by atoms with E-state index in [0.717, 1.165) is 17.2 Å². The Morgan fingerprint density at radius 2 is 1.77 bits per heavy atom. The summed E-state index contributed by atoms with van der Waals surface area (Å²) in [6, 6.07) is 18.5. The van der Waals surface area contributed by atoms with E-state index < -0.39 is 0 Å². The third-order valence-electron chi connectivity index (χ3n) is 3.38. The second kappa shape index (κ2) is 8.43. The van der Waals surface area contributed by atoms with Crippen LogP contribution in [0.15, 0.2) is 79.5 Å². The summed E-state index contributed by atoms with van der Waals surface area (Å²) in [6.07, 6.45) is 3.14. The molecule has 0 saturated heterocycles. The van der Waals surface area contributed by atoms with Crippen LogP contribution in [-0.2, 0) is 0 Å². The summed E-state index contributed by atoms with van der Waals surface area (Å²) in [5.41, 5.74) is 1.07. The number of ether oxygens (including phenoxy) is 1. The van der Waals surface area contributed by atoms with Crippen molar-refractivity contribution in [2.45, 2.75) is 0 Å². The second-order valence-electron chi connectivity index (χ2n) is 5.33. The molecule has 1 aromatic heterocycles. The number of carbonyl (C=O) groups excluding carboxylic acids is 1. The molecule has 0 aliphatic heterocycles. The average Bonchev–Trinajstić information content (AvgIpc) is 2.69. The van der Waals surface area contributed by atoms with E-state index in [1.54, 1.807) is 12.1 Å². The number of anilines is 2. The molecule has 3 aromatic rings. The van der Waals surface area contributed by atoms with E-state index in [-0.39, 0.29) is 11.6 Å². The molecule has 2 N–H and O–H groups in total. The third kappa shape index (κ3) is 4.67. The maximum atomic E-state index is 11.9. The Bertz CT molecular complexity index is 880. The summed E-state index contributed by atoms with van der Waals surface area (Å²) >= 11 is 0. The van der Waals surface area contributed by atoms with Crippen molar-refractivity contribution in [3.8, 4) is 11.5 Å². The lowest BCUT2D eigenvalue weighted by molar-refractivity contribution is 0.0953. The smallest absolute Gasteiger partial charge is 0.270 e. The fourth-order valence-corrected chi connectivity index (χ4v) is 2.16. The van der Waals surface area contributed by atoms with Gasteiger partial charge in [0.15, 0.2) is 0 Å². The van der Waals surface area contributed by atoms with Crippen molar-refractivity contribution in [3.63, 3.8) is 0 Å². The first-order valence-corrected chi connectivity index (χ1v) is 8.07. The summed E-state index contributed by atoms with van der Waals surface area (Å²) in [4.78, 5) is 20.3. The Kier molecular flexibility index (Phi) is 5.57. The average molecular weight is 346 g/mol. The Hall–Kier alpha value is -3.67. The highest BCUT2D eigenvalue weighted by molar-refractivity contribution is 5.92. The molecule has 0 unspecified atom stereocenters. The molecule has 3 rings (SSSR count). The van der Waals surface area contributed by atoms with Gasteiger partial charge in [0.05, 0.1) is 0 Å². The highest BCUT2D eigenvalue weighted by Crippen LogP contribution is 2.23. The quantitative estimate of drug-likeness (QED) is 0.634. The molecule has 1 heterocycles. The first-order valence-electron chi connectivity index (χ1n) is 8.07. The van der Waals surface area contributed by atoms with E-state index >= 15 is 0 Å². The number of rotatable bonds is 7. The van der Waals surface area contributed by atoms with Crippen molar-refractivity contribution in [3.05, 3.63) is 85.2 Å². The molecule has 0 saturated carbocycles. The fraction of sp³-hybridized carbons (Fsp3) is 0.0500. The van der Waals surface area contributed by atoms with Gasteiger partial charge in [-0.2, -0.15) is 0 Å². The number of hydrogen-bond acceptors (Lipinski definition) is 5. The largest absolute Gasteiger partial charge is 0.457 e. The number of aromatic nitrogens is 2. The van der Waals surface area contributed by atoms with Crippen LogP contribution in [0.4, 0.5) is 11.6 Å². The minimum atomic E-state index is -0.276. The molecule has 0 radical (unpaired) electrons. The van der Waals surface area contributed by atoms with Crippen LogP contribution in [0.3, 0.4) is 0 Å². The van der Waals surface area contributed by atoms with Gasteiger partial charge in [-0.3, -0.25) is 4.79 Å². The molecule has 0 aliphatic rings. The first kappa shape index (κ1) is 17.2. The van der Waals surface area contributed by atoms with Gasteiger partial charge in [-0.05, 0) is 42.5 Å². The molecule has 0 aliphatic carbocycles. The lowest BCUT2D eigenvalue weighted by atomic mass is 10.3. The molecule has 1 amide bonds. The molecule has 0 atom stereocenters. The normalized spacial score (nSPS) is 10.0. The lowest BCUT2D eigenvalue weighted by Gasteiger charge is -2.08. The molecule has 0 fully saturated rings. The van der Waals surface area contributed by atoms with Gasteiger partial charge in [0, 0.05) is 18.4 Å². The second-order valence-corrected chi connectivity index (χ2v) is 5.33. The zero-order valence-corrected chi connectivity index (χ0v) is 14.1. The molecule has 6 nitrogen and oxygen atoms in total. The predicted molar refractivity (Wildman–Crippen MR) is 101 cm³/mol. The summed E-state index contributed by atoms with van der Waals surface area (Å²) < 4.78 is 5.75. The Balaban J connectivity index is 1.65. The number of nitrogens with zero attached hydrogens (tertiary/aromatic N) is 2. The Morgan fingerprint density at radius 3 is 2.50 bits per heavy atom. The van der Waals surface area contributed by atoms with E-state index in [2.05, 4.69) is 27.2 Å². The van der Waals surface area contributed by atoms with Crippen molar-refractivity contribution in [2.75, 3.05) is 11.9 Å². The van der Waals surface area contributed by atoms with Gasteiger partial charge in [0.1, 0.15) is 17.2 Å². The zero-order chi connectivity index (χ0) is 18.2. The van der Waals surface area contributed by atoms with Gasteiger partial charge in [0.2, 0.25) is 5.95 Å². The molecule has 6 heteroatoms. The van der Waals surface area contributed by atoms with Crippen LogP contribution < -0.4 is 15.4 Å². The maximum Gasteiger partial charge on any atom is 0.270 e. The van der Waals surface area contributed by atoms with Crippen LogP contribution in [0.5, 0.6) is 11.5 Å². The molecular formula is C20H18N4O2. The molecule has 130 valence electrons. The lowest BCUT2D eigenvalue weighted by Crippen LogP contribution is -2.24. The Labute approximate surface area is 151 Å². The number of nitrogens with one attached hydrogen (secondary N) is 2. The maximum absolute atomic E-state index is 11.9. The minimum absolute atomic E-state index is 0.276. The van der Waals surface area contributed by atoms with Gasteiger partial charge < -0.3 is 15.4 Å². The van der Waals surface area contributed by atoms with Crippen molar-refractivity contribution >= 4 is 17.5 Å². The highest BCUT2D eigenvalue weighted by Gasteiger charge is 2.08. The molecule has 0 spiro atoms. The van der Waals surface area contributed by atoms with Gasteiger partial charge >= 0.3 is 0 Å². The molecule has 26 heavy (non-hydrogen) atoms. The summed E-state index contributed by atoms with van der Waals surface area (Å²) in [7, 11) is 0. The van der Waals surface area contributed by atoms with Crippen LogP contribution in [-0.4, -0.2) is 22.4 Å². The van der Waals surface area contributed by atoms with Crippen molar-refractivity contribution in [1.82, 2.24) is 15.3 Å². The van der Waals surface area contributed by atoms with E-state index in [4.69, 9.17) is 4.74 Å². The fourth-order valence-electron chi connectivity index (χ4n) is 2.16. The van der Waals surface area contributed by atoms with Crippen LogP contribution in [0.1, 0.15) is 10.5 Å². The zero-order valence-electron chi connectivity index (χ0n) is 14.1. The van der Waals surface area contributed by atoms with Crippen LogP contribution in [0, 0.1) is 0 Å². The van der Waals surface area contributed by atoms with Gasteiger partial charge in [0.25, 0.3) is 5.91 Å².